The molecule has 0 saturated heterocycles. The summed E-state index contributed by atoms with van der Waals surface area (Å²) in [5, 5.41) is 22.9. The number of ether oxygens (including phenoxy) is 2. The van der Waals surface area contributed by atoms with Gasteiger partial charge in [-0.05, 0) is 59.7 Å². The van der Waals surface area contributed by atoms with Crippen molar-refractivity contribution >= 4 is 23.8 Å². The van der Waals surface area contributed by atoms with Gasteiger partial charge >= 0.3 is 19.5 Å². The fourth-order valence-corrected chi connectivity index (χ4v) is 2.80. The summed E-state index contributed by atoms with van der Waals surface area (Å²) in [6, 6.07) is 28.3. The van der Waals surface area contributed by atoms with Gasteiger partial charge in [0.2, 0.25) is 0 Å². The Hall–Kier alpha value is -3.96. The van der Waals surface area contributed by atoms with Crippen molar-refractivity contribution in [2.24, 2.45) is 9.98 Å². The first-order valence-corrected chi connectivity index (χ1v) is 10.5. The maximum Gasteiger partial charge on any atom is 2.00 e. The van der Waals surface area contributed by atoms with Crippen molar-refractivity contribution in [3.8, 4) is 23.0 Å². The molecule has 0 aromatic heterocycles. The van der Waals surface area contributed by atoms with Crippen molar-refractivity contribution in [1.82, 2.24) is 0 Å². The number of methoxy groups -OCH3 is 2. The van der Waals surface area contributed by atoms with Gasteiger partial charge in [0, 0.05) is 12.4 Å². The van der Waals surface area contributed by atoms with Gasteiger partial charge in [0.1, 0.15) is 11.5 Å². The quantitative estimate of drug-likeness (QED) is 0.265. The molecule has 0 aliphatic rings. The van der Waals surface area contributed by atoms with Crippen molar-refractivity contribution in [3.63, 3.8) is 0 Å². The molecule has 0 aliphatic carbocycles. The minimum absolute atomic E-state index is 0. The molecule has 0 bridgehead atoms. The molecular weight excluding hydrogens is 494 g/mol. The average molecular weight is 518 g/mol. The van der Waals surface area contributed by atoms with Crippen LogP contribution in [0.15, 0.2) is 107 Å². The molecule has 7 heteroatoms. The van der Waals surface area contributed by atoms with Crippen LogP contribution >= 0.6 is 0 Å². The number of rotatable bonds is 6. The molecule has 0 atom stereocenters. The second kappa shape index (κ2) is 14.3. The minimum atomic E-state index is -0.0234. The number of para-hydroxylation sites is 2. The van der Waals surface area contributed by atoms with E-state index in [0.717, 1.165) is 22.9 Å². The van der Waals surface area contributed by atoms with Gasteiger partial charge in [-0.2, -0.15) is 0 Å². The number of aliphatic imine (C=N–C) groups is 2. The summed E-state index contributed by atoms with van der Waals surface area (Å²) in [5.74, 6) is 1.52. The first-order valence-electron chi connectivity index (χ1n) is 10.5. The maximum atomic E-state index is 11.4. The largest absolute Gasteiger partial charge is 2.00 e. The third-order valence-corrected chi connectivity index (χ3v) is 4.69. The Balaban J connectivity index is 0.000000240. The molecule has 4 rings (SSSR count). The standard InChI is InChI=1S/2C14H13NO2.Zn/c2*1-17-13-8-6-12(7-9-13)15-10-11-4-2-3-5-14(11)16;/h2*2-10,16H,1H3;/q;;+2/p-2. The van der Waals surface area contributed by atoms with Crippen molar-refractivity contribution in [2.75, 3.05) is 14.2 Å². The summed E-state index contributed by atoms with van der Waals surface area (Å²) in [5.41, 5.74) is 2.75. The van der Waals surface area contributed by atoms with Crippen molar-refractivity contribution < 1.29 is 39.2 Å². The predicted molar refractivity (Wildman–Crippen MR) is 132 cm³/mol. The summed E-state index contributed by atoms with van der Waals surface area (Å²) < 4.78 is 10.1. The first kappa shape index (κ1) is 27.3. The van der Waals surface area contributed by atoms with E-state index in [9.17, 15) is 10.2 Å². The number of benzene rings is 4. The van der Waals surface area contributed by atoms with Gasteiger partial charge in [0.15, 0.2) is 0 Å². The van der Waals surface area contributed by atoms with Crippen molar-refractivity contribution in [3.05, 3.63) is 108 Å². The molecule has 0 fully saturated rings. The second-order valence-corrected chi connectivity index (χ2v) is 6.99. The number of nitrogens with zero attached hydrogens (tertiary/aromatic N) is 2. The molecule has 0 aliphatic heterocycles. The fraction of sp³-hybridized carbons (Fsp3) is 0.0714. The zero-order chi connectivity index (χ0) is 24.2. The van der Waals surface area contributed by atoms with Crippen molar-refractivity contribution in [1.29, 1.82) is 0 Å². The number of hydrogen-bond acceptors (Lipinski definition) is 6. The molecule has 0 radical (unpaired) electrons. The van der Waals surface area contributed by atoms with Gasteiger partial charge in [-0.1, -0.05) is 48.5 Å². The van der Waals surface area contributed by atoms with E-state index in [1.54, 1.807) is 50.9 Å². The van der Waals surface area contributed by atoms with E-state index in [1.165, 1.54) is 12.1 Å². The van der Waals surface area contributed by atoms with E-state index in [1.807, 2.05) is 60.7 Å². The summed E-state index contributed by atoms with van der Waals surface area (Å²) in [6.45, 7) is 0. The maximum absolute atomic E-state index is 11.4. The molecule has 0 N–H and O–H groups in total. The third-order valence-electron chi connectivity index (χ3n) is 4.69. The molecule has 0 unspecified atom stereocenters. The molecule has 0 heterocycles. The molecule has 0 saturated carbocycles. The van der Waals surface area contributed by atoms with Crippen LogP contribution in [-0.2, 0) is 19.5 Å². The van der Waals surface area contributed by atoms with Gasteiger partial charge in [-0.3, -0.25) is 9.98 Å². The molecule has 172 valence electrons. The molecule has 4 aromatic rings. The van der Waals surface area contributed by atoms with Gasteiger partial charge in [-0.15, -0.1) is 11.5 Å². The summed E-state index contributed by atoms with van der Waals surface area (Å²) >= 11 is 0. The molecular formula is C28H24N2O4Zn. The molecule has 0 amide bonds. The van der Waals surface area contributed by atoms with E-state index in [-0.39, 0.29) is 31.0 Å². The zero-order valence-electron chi connectivity index (χ0n) is 19.6. The van der Waals surface area contributed by atoms with E-state index in [2.05, 4.69) is 9.98 Å². The van der Waals surface area contributed by atoms with Gasteiger partial charge < -0.3 is 19.7 Å². The Labute approximate surface area is 218 Å². The topological polar surface area (TPSA) is 89.3 Å². The Morgan fingerprint density at radius 3 is 1.20 bits per heavy atom. The van der Waals surface area contributed by atoms with Crippen LogP contribution in [0.4, 0.5) is 11.4 Å². The van der Waals surface area contributed by atoms with Crippen LogP contribution in [0.2, 0.25) is 0 Å². The van der Waals surface area contributed by atoms with Crippen LogP contribution in [0.3, 0.4) is 0 Å². The van der Waals surface area contributed by atoms with Gasteiger partial charge in [0.25, 0.3) is 0 Å². The molecule has 0 spiro atoms. The molecule has 6 nitrogen and oxygen atoms in total. The molecule has 35 heavy (non-hydrogen) atoms. The normalized spacial score (nSPS) is 10.3. The van der Waals surface area contributed by atoms with E-state index in [4.69, 9.17) is 9.47 Å². The summed E-state index contributed by atoms with van der Waals surface area (Å²) in [4.78, 5) is 8.46. The Morgan fingerprint density at radius 1 is 0.543 bits per heavy atom. The van der Waals surface area contributed by atoms with Gasteiger partial charge in [-0.25, -0.2) is 0 Å². The van der Waals surface area contributed by atoms with Gasteiger partial charge in [0.05, 0.1) is 25.6 Å². The van der Waals surface area contributed by atoms with E-state index in [0.29, 0.717) is 11.1 Å². The molecule has 4 aromatic carbocycles. The predicted octanol–water partition coefficient (Wildman–Crippen LogP) is 5.04. The Kier molecular flexibility index (Phi) is 11.2. The van der Waals surface area contributed by atoms with Crippen LogP contribution in [-0.4, -0.2) is 26.6 Å². The van der Waals surface area contributed by atoms with Crippen LogP contribution in [0.25, 0.3) is 0 Å². The van der Waals surface area contributed by atoms with Crippen LogP contribution in [0, 0.1) is 0 Å². The van der Waals surface area contributed by atoms with Crippen LogP contribution < -0.4 is 19.7 Å². The Bertz CT molecular complexity index is 1140. The summed E-state index contributed by atoms with van der Waals surface area (Å²) in [6.07, 6.45) is 3.15. The van der Waals surface area contributed by atoms with Crippen LogP contribution in [0.5, 0.6) is 23.0 Å². The average Bonchev–Trinajstić information content (AvgIpc) is 2.89. The number of hydrogen-bond donors (Lipinski definition) is 0. The first-order chi connectivity index (χ1) is 16.6. The fourth-order valence-electron chi connectivity index (χ4n) is 2.80. The van der Waals surface area contributed by atoms with E-state index >= 15 is 0 Å². The second-order valence-electron chi connectivity index (χ2n) is 6.99. The summed E-state index contributed by atoms with van der Waals surface area (Å²) in [7, 11) is 3.23. The monoisotopic (exact) mass is 516 g/mol. The van der Waals surface area contributed by atoms with Crippen molar-refractivity contribution in [2.45, 2.75) is 0 Å². The SMILES string of the molecule is COc1ccc(N=Cc2ccccc2[O-])cc1.COc1ccc(N=Cc2ccccc2[O-])cc1.[Zn+2]. The zero-order valence-corrected chi connectivity index (χ0v) is 22.6. The third kappa shape index (κ3) is 8.72. The smallest absolute Gasteiger partial charge is 0.872 e. The minimum Gasteiger partial charge on any atom is -0.872 e. The van der Waals surface area contributed by atoms with E-state index < -0.39 is 0 Å². The Morgan fingerprint density at radius 2 is 0.886 bits per heavy atom. The van der Waals surface area contributed by atoms with Crippen LogP contribution in [0.1, 0.15) is 11.1 Å².